The van der Waals surface area contributed by atoms with E-state index in [1.165, 1.54) is 19.3 Å². The summed E-state index contributed by atoms with van der Waals surface area (Å²) in [6, 6.07) is 0.515. The van der Waals surface area contributed by atoms with E-state index in [9.17, 15) is 0 Å². The summed E-state index contributed by atoms with van der Waals surface area (Å²) in [5.74, 6) is 3.10. The van der Waals surface area contributed by atoms with Crippen molar-refractivity contribution in [3.05, 3.63) is 11.9 Å². The Hall–Kier alpha value is -1.32. The molecule has 0 saturated heterocycles. The third-order valence-corrected chi connectivity index (χ3v) is 4.23. The Kier molecular flexibility index (Phi) is 4.61. The van der Waals surface area contributed by atoms with Gasteiger partial charge in [0.2, 0.25) is 0 Å². The molecule has 19 heavy (non-hydrogen) atoms. The van der Waals surface area contributed by atoms with Gasteiger partial charge in [0.25, 0.3) is 0 Å². The van der Waals surface area contributed by atoms with E-state index in [4.69, 9.17) is 5.73 Å². The van der Waals surface area contributed by atoms with E-state index in [0.29, 0.717) is 17.8 Å². The minimum atomic E-state index is 0.515. The molecule has 4 nitrogen and oxygen atoms in total. The predicted molar refractivity (Wildman–Crippen MR) is 80.0 cm³/mol. The Morgan fingerprint density at radius 3 is 2.79 bits per heavy atom. The molecule has 2 rings (SSSR count). The molecular formula is C15H26N4. The van der Waals surface area contributed by atoms with Crippen LogP contribution in [0.25, 0.3) is 0 Å². The minimum Gasteiger partial charge on any atom is -0.383 e. The summed E-state index contributed by atoms with van der Waals surface area (Å²) in [5, 5.41) is 3.61. The van der Waals surface area contributed by atoms with Crippen LogP contribution in [0.4, 0.5) is 11.6 Å². The zero-order valence-corrected chi connectivity index (χ0v) is 12.3. The van der Waals surface area contributed by atoms with Crippen LogP contribution in [0, 0.1) is 11.8 Å². The van der Waals surface area contributed by atoms with Crippen molar-refractivity contribution in [1.29, 1.82) is 0 Å². The van der Waals surface area contributed by atoms with E-state index in [-0.39, 0.29) is 0 Å². The first kappa shape index (κ1) is 14.1. The highest BCUT2D eigenvalue weighted by Crippen LogP contribution is 2.31. The van der Waals surface area contributed by atoms with Crippen LogP contribution in [0.15, 0.2) is 6.33 Å². The van der Waals surface area contributed by atoms with Crippen molar-refractivity contribution < 1.29 is 0 Å². The Bertz CT molecular complexity index is 419. The molecule has 0 amide bonds. The molecule has 0 bridgehead atoms. The highest BCUT2D eigenvalue weighted by atomic mass is 15.1. The number of nitrogens with one attached hydrogen (secondary N) is 1. The third kappa shape index (κ3) is 3.37. The molecule has 1 fully saturated rings. The monoisotopic (exact) mass is 262 g/mol. The predicted octanol–water partition coefficient (Wildman–Crippen LogP) is 3.25. The fourth-order valence-electron chi connectivity index (χ4n) is 3.10. The van der Waals surface area contributed by atoms with Crippen molar-refractivity contribution in [2.45, 2.75) is 58.9 Å². The fraction of sp³-hybridized carbons (Fsp3) is 0.733. The van der Waals surface area contributed by atoms with Crippen molar-refractivity contribution in [3.63, 3.8) is 0 Å². The second kappa shape index (κ2) is 6.22. The lowest BCUT2D eigenvalue weighted by Crippen LogP contribution is -2.33. The van der Waals surface area contributed by atoms with Gasteiger partial charge in [-0.05, 0) is 37.5 Å². The van der Waals surface area contributed by atoms with Gasteiger partial charge in [0, 0.05) is 11.6 Å². The Morgan fingerprint density at radius 1 is 1.32 bits per heavy atom. The second-order valence-electron chi connectivity index (χ2n) is 5.98. The average molecular weight is 262 g/mol. The molecule has 0 spiro atoms. The molecule has 1 aliphatic rings. The second-order valence-corrected chi connectivity index (χ2v) is 5.98. The summed E-state index contributed by atoms with van der Waals surface area (Å²) in [7, 11) is 0. The van der Waals surface area contributed by atoms with Crippen molar-refractivity contribution in [1.82, 2.24) is 9.97 Å². The molecule has 1 aromatic heterocycles. The third-order valence-electron chi connectivity index (χ3n) is 4.23. The van der Waals surface area contributed by atoms with Crippen LogP contribution in [-0.2, 0) is 6.42 Å². The van der Waals surface area contributed by atoms with E-state index in [0.717, 1.165) is 30.1 Å². The zero-order chi connectivity index (χ0) is 13.8. The van der Waals surface area contributed by atoms with Crippen molar-refractivity contribution in [2.24, 2.45) is 11.8 Å². The van der Waals surface area contributed by atoms with Crippen LogP contribution in [-0.4, -0.2) is 16.0 Å². The quantitative estimate of drug-likeness (QED) is 0.874. The largest absolute Gasteiger partial charge is 0.383 e. The van der Waals surface area contributed by atoms with Gasteiger partial charge in [-0.15, -0.1) is 0 Å². The molecular weight excluding hydrogens is 236 g/mol. The van der Waals surface area contributed by atoms with E-state index in [1.54, 1.807) is 6.33 Å². The lowest BCUT2D eigenvalue weighted by atomic mass is 9.80. The van der Waals surface area contributed by atoms with Gasteiger partial charge in [-0.25, -0.2) is 9.97 Å². The first-order valence-corrected chi connectivity index (χ1v) is 7.47. The molecule has 1 aliphatic carbocycles. The number of hydrogen-bond acceptors (Lipinski definition) is 4. The van der Waals surface area contributed by atoms with Gasteiger partial charge in [-0.1, -0.05) is 27.2 Å². The van der Waals surface area contributed by atoms with Gasteiger partial charge in [-0.2, -0.15) is 0 Å². The summed E-state index contributed by atoms with van der Waals surface area (Å²) in [4.78, 5) is 8.51. The minimum absolute atomic E-state index is 0.515. The van der Waals surface area contributed by atoms with Gasteiger partial charge in [0.05, 0.1) is 0 Å². The lowest BCUT2D eigenvalue weighted by Gasteiger charge is -2.34. The Morgan fingerprint density at radius 2 is 2.11 bits per heavy atom. The smallest absolute Gasteiger partial charge is 0.134 e. The fourth-order valence-corrected chi connectivity index (χ4v) is 3.10. The van der Waals surface area contributed by atoms with Crippen LogP contribution < -0.4 is 11.1 Å². The molecule has 1 saturated carbocycles. The molecule has 1 heterocycles. The molecule has 0 aliphatic heterocycles. The van der Waals surface area contributed by atoms with Gasteiger partial charge in [0.15, 0.2) is 0 Å². The van der Waals surface area contributed by atoms with Crippen molar-refractivity contribution >= 4 is 11.6 Å². The normalized spacial score (nSPS) is 27.2. The van der Waals surface area contributed by atoms with Crippen LogP contribution in [0.1, 0.15) is 52.0 Å². The average Bonchev–Trinajstić information content (AvgIpc) is 2.37. The van der Waals surface area contributed by atoms with Gasteiger partial charge >= 0.3 is 0 Å². The number of anilines is 2. The Labute approximate surface area is 116 Å². The van der Waals surface area contributed by atoms with E-state index < -0.39 is 0 Å². The van der Waals surface area contributed by atoms with Gasteiger partial charge in [-0.3, -0.25) is 0 Å². The number of rotatable bonds is 4. The van der Waals surface area contributed by atoms with Crippen LogP contribution in [0.2, 0.25) is 0 Å². The molecule has 3 unspecified atom stereocenters. The number of nitrogens with two attached hydrogens (primary N) is 1. The van der Waals surface area contributed by atoms with E-state index >= 15 is 0 Å². The number of hydrogen-bond donors (Lipinski definition) is 2. The van der Waals surface area contributed by atoms with Crippen LogP contribution in [0.5, 0.6) is 0 Å². The molecule has 106 valence electrons. The standard InChI is InChI=1S/C15H26N4/c1-4-5-12-14(16)17-9-18-15(12)19-13-7-6-10(2)8-11(13)3/h9-11,13H,4-8H2,1-3H3,(H3,16,17,18,19). The lowest BCUT2D eigenvalue weighted by molar-refractivity contribution is 0.276. The maximum Gasteiger partial charge on any atom is 0.134 e. The zero-order valence-electron chi connectivity index (χ0n) is 12.3. The summed E-state index contributed by atoms with van der Waals surface area (Å²) < 4.78 is 0. The highest BCUT2D eigenvalue weighted by Gasteiger charge is 2.26. The summed E-state index contributed by atoms with van der Waals surface area (Å²) in [5.41, 5.74) is 7.06. The van der Waals surface area contributed by atoms with Crippen LogP contribution >= 0.6 is 0 Å². The molecule has 4 heteroatoms. The van der Waals surface area contributed by atoms with E-state index in [1.807, 2.05) is 0 Å². The maximum atomic E-state index is 5.98. The molecule has 3 atom stereocenters. The summed E-state index contributed by atoms with van der Waals surface area (Å²) in [6.45, 7) is 6.83. The van der Waals surface area contributed by atoms with Crippen LogP contribution in [0.3, 0.4) is 0 Å². The van der Waals surface area contributed by atoms with Crippen molar-refractivity contribution in [3.8, 4) is 0 Å². The topological polar surface area (TPSA) is 63.8 Å². The SMILES string of the molecule is CCCc1c(N)ncnc1NC1CCC(C)CC1C. The first-order chi connectivity index (χ1) is 9.11. The molecule has 1 aromatic rings. The number of aromatic nitrogens is 2. The van der Waals surface area contributed by atoms with Gasteiger partial charge < -0.3 is 11.1 Å². The number of nitrogens with zero attached hydrogens (tertiary/aromatic N) is 2. The molecule has 3 N–H and O–H groups in total. The number of nitrogen functional groups attached to an aromatic ring is 1. The molecule has 0 aromatic carbocycles. The summed E-state index contributed by atoms with van der Waals surface area (Å²) in [6.07, 6.45) is 7.37. The highest BCUT2D eigenvalue weighted by molar-refractivity contribution is 5.55. The van der Waals surface area contributed by atoms with Crippen molar-refractivity contribution in [2.75, 3.05) is 11.1 Å². The first-order valence-electron chi connectivity index (χ1n) is 7.47. The van der Waals surface area contributed by atoms with E-state index in [2.05, 4.69) is 36.1 Å². The maximum absolute atomic E-state index is 5.98. The molecule has 0 radical (unpaired) electrons. The summed E-state index contributed by atoms with van der Waals surface area (Å²) >= 11 is 0. The van der Waals surface area contributed by atoms with Gasteiger partial charge in [0.1, 0.15) is 18.0 Å². The Balaban J connectivity index is 2.12.